The van der Waals surface area contributed by atoms with Crippen molar-refractivity contribution in [1.82, 2.24) is 9.78 Å². The number of ketones is 1. The van der Waals surface area contributed by atoms with Gasteiger partial charge < -0.3 is 0 Å². The van der Waals surface area contributed by atoms with Crippen molar-refractivity contribution < 1.29 is 9.18 Å². The van der Waals surface area contributed by atoms with E-state index in [0.717, 1.165) is 16.2 Å². The predicted molar refractivity (Wildman–Crippen MR) is 78.8 cm³/mol. The van der Waals surface area contributed by atoms with Crippen LogP contribution in [0, 0.1) is 12.7 Å². The van der Waals surface area contributed by atoms with E-state index in [-0.39, 0.29) is 23.8 Å². The zero-order valence-corrected chi connectivity index (χ0v) is 12.8. The SMILES string of the molecule is Cc1nn(C)c(Cl)c1CC(=O)CSc1cccc(F)c1. The number of rotatable bonds is 5. The molecule has 2 aromatic rings. The number of benzene rings is 1. The minimum absolute atomic E-state index is 0.0391. The molecular formula is C14H14ClFN2OS. The van der Waals surface area contributed by atoms with Crippen LogP contribution in [0.5, 0.6) is 0 Å². The molecule has 0 aliphatic rings. The van der Waals surface area contributed by atoms with E-state index in [9.17, 15) is 9.18 Å². The Labute approximate surface area is 126 Å². The van der Waals surface area contributed by atoms with Crippen LogP contribution in [0.3, 0.4) is 0 Å². The van der Waals surface area contributed by atoms with Crippen LogP contribution in [-0.4, -0.2) is 21.3 Å². The fourth-order valence-electron chi connectivity index (χ4n) is 1.84. The van der Waals surface area contributed by atoms with Gasteiger partial charge in [0.15, 0.2) is 0 Å². The summed E-state index contributed by atoms with van der Waals surface area (Å²) in [5.41, 5.74) is 1.53. The maximum atomic E-state index is 13.0. The zero-order chi connectivity index (χ0) is 14.7. The molecule has 0 aliphatic heterocycles. The summed E-state index contributed by atoms with van der Waals surface area (Å²) in [5.74, 6) is 0.0274. The number of aromatic nitrogens is 2. The van der Waals surface area contributed by atoms with Gasteiger partial charge in [-0.05, 0) is 25.1 Å². The lowest BCUT2D eigenvalue weighted by atomic mass is 10.1. The van der Waals surface area contributed by atoms with Gasteiger partial charge in [0.1, 0.15) is 16.8 Å². The first-order chi connectivity index (χ1) is 9.47. The molecule has 1 aromatic carbocycles. The van der Waals surface area contributed by atoms with Gasteiger partial charge >= 0.3 is 0 Å². The topological polar surface area (TPSA) is 34.9 Å². The van der Waals surface area contributed by atoms with Crippen molar-refractivity contribution in [1.29, 1.82) is 0 Å². The Kier molecular flexibility index (Phi) is 4.83. The van der Waals surface area contributed by atoms with Gasteiger partial charge in [0, 0.05) is 23.9 Å². The van der Waals surface area contributed by atoms with Gasteiger partial charge in [-0.25, -0.2) is 4.39 Å². The van der Waals surface area contributed by atoms with E-state index in [1.54, 1.807) is 23.9 Å². The number of halogens is 2. The minimum atomic E-state index is -0.298. The van der Waals surface area contributed by atoms with Crippen LogP contribution in [0.25, 0.3) is 0 Å². The van der Waals surface area contributed by atoms with E-state index >= 15 is 0 Å². The van der Waals surface area contributed by atoms with Crippen LogP contribution in [0.15, 0.2) is 29.2 Å². The summed E-state index contributed by atoms with van der Waals surface area (Å²) in [4.78, 5) is 12.7. The van der Waals surface area contributed by atoms with Crippen LogP contribution in [-0.2, 0) is 18.3 Å². The van der Waals surface area contributed by atoms with Gasteiger partial charge in [0.2, 0.25) is 0 Å². The first-order valence-corrected chi connectivity index (χ1v) is 7.41. The molecule has 0 aliphatic carbocycles. The molecule has 3 nitrogen and oxygen atoms in total. The van der Waals surface area contributed by atoms with Crippen molar-refractivity contribution in [3.63, 3.8) is 0 Å². The molecule has 6 heteroatoms. The van der Waals surface area contributed by atoms with E-state index in [1.165, 1.54) is 23.9 Å². The number of Topliss-reactive ketones (excluding diaryl/α,β-unsaturated/α-hetero) is 1. The number of carbonyl (C=O) groups is 1. The molecular weight excluding hydrogens is 299 g/mol. The Hall–Kier alpha value is -1.33. The van der Waals surface area contributed by atoms with Crippen LogP contribution in [0.4, 0.5) is 4.39 Å². The van der Waals surface area contributed by atoms with E-state index in [2.05, 4.69) is 5.10 Å². The highest BCUT2D eigenvalue weighted by Crippen LogP contribution is 2.22. The summed E-state index contributed by atoms with van der Waals surface area (Å²) in [6.07, 6.45) is 0.251. The van der Waals surface area contributed by atoms with E-state index in [4.69, 9.17) is 11.6 Å². The fraction of sp³-hybridized carbons (Fsp3) is 0.286. The van der Waals surface area contributed by atoms with Gasteiger partial charge in [-0.3, -0.25) is 9.48 Å². The Morgan fingerprint density at radius 2 is 2.25 bits per heavy atom. The first-order valence-electron chi connectivity index (χ1n) is 6.05. The van der Waals surface area contributed by atoms with Crippen molar-refractivity contribution in [3.8, 4) is 0 Å². The summed E-state index contributed by atoms with van der Waals surface area (Å²) in [7, 11) is 1.74. The third-order valence-electron chi connectivity index (χ3n) is 2.84. The fourth-order valence-corrected chi connectivity index (χ4v) is 2.89. The van der Waals surface area contributed by atoms with E-state index < -0.39 is 0 Å². The molecule has 106 valence electrons. The number of carbonyl (C=O) groups excluding carboxylic acids is 1. The highest BCUT2D eigenvalue weighted by Gasteiger charge is 2.15. The van der Waals surface area contributed by atoms with Gasteiger partial charge in [-0.2, -0.15) is 5.10 Å². The molecule has 1 aromatic heterocycles. The average molecular weight is 313 g/mol. The van der Waals surface area contributed by atoms with Crippen molar-refractivity contribution in [3.05, 3.63) is 46.5 Å². The summed E-state index contributed by atoms with van der Waals surface area (Å²) in [5, 5.41) is 4.66. The highest BCUT2D eigenvalue weighted by molar-refractivity contribution is 8.00. The molecule has 0 saturated carbocycles. The number of thioether (sulfide) groups is 1. The summed E-state index contributed by atoms with van der Waals surface area (Å²) in [6, 6.07) is 6.21. The first kappa shape index (κ1) is 15.1. The zero-order valence-electron chi connectivity index (χ0n) is 11.2. The summed E-state index contributed by atoms with van der Waals surface area (Å²) in [6.45, 7) is 1.83. The largest absolute Gasteiger partial charge is 0.298 e. The van der Waals surface area contributed by atoms with Crippen molar-refractivity contribution >= 4 is 29.1 Å². The van der Waals surface area contributed by atoms with Crippen LogP contribution >= 0.6 is 23.4 Å². The van der Waals surface area contributed by atoms with Crippen molar-refractivity contribution in [2.75, 3.05) is 5.75 Å². The maximum absolute atomic E-state index is 13.0. The van der Waals surface area contributed by atoms with Gasteiger partial charge in [-0.15, -0.1) is 11.8 Å². The Balaban J connectivity index is 1.96. The molecule has 0 unspecified atom stereocenters. The summed E-state index contributed by atoms with van der Waals surface area (Å²) < 4.78 is 14.6. The third-order valence-corrected chi connectivity index (χ3v) is 4.37. The molecule has 1 heterocycles. The Morgan fingerprint density at radius 3 is 2.85 bits per heavy atom. The molecule has 0 spiro atoms. The molecule has 20 heavy (non-hydrogen) atoms. The lowest BCUT2D eigenvalue weighted by Crippen LogP contribution is -2.06. The minimum Gasteiger partial charge on any atom is -0.298 e. The second-order valence-electron chi connectivity index (χ2n) is 4.44. The molecule has 0 radical (unpaired) electrons. The number of nitrogens with zero attached hydrogens (tertiary/aromatic N) is 2. The van der Waals surface area contributed by atoms with Crippen LogP contribution < -0.4 is 0 Å². The van der Waals surface area contributed by atoms with Crippen LogP contribution in [0.1, 0.15) is 11.3 Å². The second kappa shape index (κ2) is 6.41. The lowest BCUT2D eigenvalue weighted by Gasteiger charge is -2.02. The molecule has 0 bridgehead atoms. The molecule has 0 amide bonds. The number of hydrogen-bond acceptors (Lipinski definition) is 3. The Bertz CT molecular complexity index is 642. The lowest BCUT2D eigenvalue weighted by molar-refractivity contribution is -0.116. The molecule has 0 N–H and O–H groups in total. The van der Waals surface area contributed by atoms with Crippen molar-refractivity contribution in [2.24, 2.45) is 7.05 Å². The predicted octanol–water partition coefficient (Wildman–Crippen LogP) is 3.42. The highest BCUT2D eigenvalue weighted by atomic mass is 35.5. The monoisotopic (exact) mass is 312 g/mol. The number of hydrogen-bond donors (Lipinski definition) is 0. The van der Waals surface area contributed by atoms with Gasteiger partial charge in [0.05, 0.1) is 11.4 Å². The Morgan fingerprint density at radius 1 is 1.50 bits per heavy atom. The standard InChI is InChI=1S/C14H14ClFN2OS/c1-9-13(14(15)18(2)17-9)7-11(19)8-20-12-5-3-4-10(16)6-12/h3-6H,7-8H2,1-2H3. The second-order valence-corrected chi connectivity index (χ2v) is 5.85. The summed E-state index contributed by atoms with van der Waals surface area (Å²) >= 11 is 7.41. The molecule has 0 fully saturated rings. The normalized spacial score (nSPS) is 10.8. The van der Waals surface area contributed by atoms with Crippen LogP contribution in [0.2, 0.25) is 5.15 Å². The molecule has 0 atom stereocenters. The van der Waals surface area contributed by atoms with E-state index in [1.807, 2.05) is 6.92 Å². The van der Waals surface area contributed by atoms with Gasteiger partial charge in [-0.1, -0.05) is 17.7 Å². The smallest absolute Gasteiger partial charge is 0.147 e. The van der Waals surface area contributed by atoms with Crippen molar-refractivity contribution in [2.45, 2.75) is 18.2 Å². The molecule has 0 saturated heterocycles. The quantitative estimate of drug-likeness (QED) is 0.793. The van der Waals surface area contributed by atoms with E-state index in [0.29, 0.717) is 5.15 Å². The molecule has 2 rings (SSSR count). The van der Waals surface area contributed by atoms with Gasteiger partial charge in [0.25, 0.3) is 0 Å². The maximum Gasteiger partial charge on any atom is 0.147 e. The average Bonchev–Trinajstić information content (AvgIpc) is 2.63. The number of aryl methyl sites for hydroxylation is 2. The third kappa shape index (κ3) is 3.61.